The van der Waals surface area contributed by atoms with Gasteiger partial charge in [0, 0.05) is 27.5 Å². The summed E-state index contributed by atoms with van der Waals surface area (Å²) in [6.07, 6.45) is 0. The molecular weight excluding hydrogens is 747 g/mol. The third-order valence-electron chi connectivity index (χ3n) is 12.0. The molecule has 7 heteroatoms. The van der Waals surface area contributed by atoms with Crippen LogP contribution < -0.4 is 0 Å². The maximum absolute atomic E-state index is 15.1. The number of nitrogens with zero attached hydrogens (tertiary/aromatic N) is 3. The van der Waals surface area contributed by atoms with Crippen LogP contribution in [0, 0.1) is 0 Å². The van der Waals surface area contributed by atoms with Crippen molar-refractivity contribution in [1.29, 1.82) is 0 Å². The van der Waals surface area contributed by atoms with E-state index in [2.05, 4.69) is 60.7 Å². The van der Waals surface area contributed by atoms with Crippen LogP contribution in [0.15, 0.2) is 202 Å². The average Bonchev–Trinajstić information content (AvgIpc) is 3.62. The first-order chi connectivity index (χ1) is 29.0. The molecule has 6 nitrogen and oxygen atoms in total. The Bertz CT molecular complexity index is 3410. The highest BCUT2D eigenvalue weighted by Crippen LogP contribution is 2.60. The number of hydrogen-bond acceptors (Lipinski definition) is 6. The Labute approximate surface area is 340 Å². The lowest BCUT2D eigenvalue weighted by atomic mass is 9.63. The highest BCUT2D eigenvalue weighted by molar-refractivity contribution is 7.91. The summed E-state index contributed by atoms with van der Waals surface area (Å²) in [5, 5.41) is 1.62. The highest BCUT2D eigenvalue weighted by atomic mass is 32.2. The van der Waals surface area contributed by atoms with Gasteiger partial charge in [0.25, 0.3) is 0 Å². The second-order valence-corrected chi connectivity index (χ2v) is 17.0. The Hall–Kier alpha value is -7.48. The molecule has 0 saturated heterocycles. The average molecular weight is 778 g/mol. The topological polar surface area (TPSA) is 86.0 Å². The SMILES string of the molecule is O=S1(=O)c2ccccc2C2(c3ccccc3-c3ccccc3-c3ccc(-c4nc(-c5ccccc5)nc(-c5ccccc5)n4)cc32)c2cc3oc4ccccc4c3cc21. The van der Waals surface area contributed by atoms with E-state index in [1.807, 2.05) is 121 Å². The Kier molecular flexibility index (Phi) is 7.13. The molecular formula is C52H31N3O3S. The monoisotopic (exact) mass is 777 g/mol. The maximum atomic E-state index is 15.1. The smallest absolute Gasteiger partial charge is 0.207 e. The fourth-order valence-corrected chi connectivity index (χ4v) is 11.2. The third-order valence-corrected chi connectivity index (χ3v) is 13.8. The van der Waals surface area contributed by atoms with E-state index in [-0.39, 0.29) is 9.79 Å². The number of hydrogen-bond donors (Lipinski definition) is 0. The van der Waals surface area contributed by atoms with Crippen LogP contribution in [0.2, 0.25) is 0 Å². The largest absolute Gasteiger partial charge is 0.456 e. The van der Waals surface area contributed by atoms with Crippen molar-refractivity contribution in [3.8, 4) is 56.4 Å². The van der Waals surface area contributed by atoms with E-state index < -0.39 is 15.3 Å². The van der Waals surface area contributed by atoms with Gasteiger partial charge in [0.15, 0.2) is 17.5 Å². The number of sulfone groups is 1. The Morgan fingerprint density at radius 3 is 1.61 bits per heavy atom. The molecule has 1 atom stereocenters. The van der Waals surface area contributed by atoms with Crippen molar-refractivity contribution in [2.75, 3.05) is 0 Å². The van der Waals surface area contributed by atoms with Gasteiger partial charge in [-0.25, -0.2) is 23.4 Å². The zero-order valence-electron chi connectivity index (χ0n) is 31.4. The fourth-order valence-electron chi connectivity index (χ4n) is 9.43. The lowest BCUT2D eigenvalue weighted by molar-refractivity contribution is 0.579. The molecule has 1 unspecified atom stereocenters. The van der Waals surface area contributed by atoms with Crippen LogP contribution in [0.25, 0.3) is 78.4 Å². The second-order valence-electron chi connectivity index (χ2n) is 15.1. The number of aromatic nitrogens is 3. The number of furan rings is 1. The molecule has 10 aromatic rings. The van der Waals surface area contributed by atoms with Crippen molar-refractivity contribution >= 4 is 31.8 Å². The van der Waals surface area contributed by atoms with Gasteiger partial charge in [-0.05, 0) is 74.8 Å². The standard InChI is InChI=1S/C52H31N3O3S/c56-59(57)47-26-14-12-24-42(47)52(44-31-46-40(30-48(44)59)39-22-10-13-25-45(39)58-46)41-23-11-9-21-37(41)35-19-7-8-20-36(35)38-28-27-34(29-43(38)52)51-54-49(32-15-3-1-4-16-32)53-50(55-51)33-17-5-2-6-18-33/h1-31H. The first-order valence-electron chi connectivity index (χ1n) is 19.5. The van der Waals surface area contributed by atoms with Gasteiger partial charge in [0.2, 0.25) is 9.84 Å². The molecule has 0 radical (unpaired) electrons. The molecule has 1 spiro atoms. The van der Waals surface area contributed by atoms with Crippen LogP contribution in [0.3, 0.4) is 0 Å². The minimum absolute atomic E-state index is 0.255. The van der Waals surface area contributed by atoms with Gasteiger partial charge in [-0.3, -0.25) is 0 Å². The van der Waals surface area contributed by atoms with E-state index in [0.29, 0.717) is 39.8 Å². The number of rotatable bonds is 3. The first kappa shape index (κ1) is 33.6. The summed E-state index contributed by atoms with van der Waals surface area (Å²) in [5.74, 6) is 1.62. The molecule has 2 aliphatic rings. The molecule has 0 amide bonds. The quantitative estimate of drug-likeness (QED) is 0.178. The third kappa shape index (κ3) is 4.79. The molecule has 0 N–H and O–H groups in total. The van der Waals surface area contributed by atoms with Crippen molar-refractivity contribution in [2.24, 2.45) is 0 Å². The predicted molar refractivity (Wildman–Crippen MR) is 232 cm³/mol. The van der Waals surface area contributed by atoms with Gasteiger partial charge < -0.3 is 4.42 Å². The molecule has 8 aromatic carbocycles. The van der Waals surface area contributed by atoms with Gasteiger partial charge in [0.1, 0.15) is 11.2 Å². The zero-order valence-corrected chi connectivity index (χ0v) is 32.2. The molecule has 1 aliphatic carbocycles. The lowest BCUT2D eigenvalue weighted by Crippen LogP contribution is -2.38. The lowest BCUT2D eigenvalue weighted by Gasteiger charge is -2.42. The molecule has 1 aliphatic heterocycles. The Morgan fingerprint density at radius 1 is 0.373 bits per heavy atom. The van der Waals surface area contributed by atoms with Gasteiger partial charge in [0.05, 0.1) is 15.2 Å². The molecule has 0 saturated carbocycles. The van der Waals surface area contributed by atoms with E-state index in [4.69, 9.17) is 19.4 Å². The van der Waals surface area contributed by atoms with E-state index in [9.17, 15) is 0 Å². The fraction of sp³-hybridized carbons (Fsp3) is 0.0192. The Morgan fingerprint density at radius 2 is 0.915 bits per heavy atom. The Balaban J connectivity index is 1.24. The zero-order chi connectivity index (χ0) is 39.3. The highest BCUT2D eigenvalue weighted by Gasteiger charge is 2.52. The van der Waals surface area contributed by atoms with Crippen LogP contribution in [0.5, 0.6) is 0 Å². The number of benzene rings is 8. The van der Waals surface area contributed by atoms with Crippen molar-refractivity contribution in [1.82, 2.24) is 15.0 Å². The molecule has 12 rings (SSSR count). The summed E-state index contributed by atoms with van der Waals surface area (Å²) in [6, 6.07) is 62.2. The van der Waals surface area contributed by atoms with Crippen molar-refractivity contribution in [2.45, 2.75) is 15.2 Å². The number of fused-ring (bicyclic) bond motifs is 14. The molecule has 278 valence electrons. The summed E-state index contributed by atoms with van der Waals surface area (Å²) < 4.78 is 36.8. The van der Waals surface area contributed by atoms with E-state index >= 15 is 8.42 Å². The van der Waals surface area contributed by atoms with Gasteiger partial charge in [-0.1, -0.05) is 158 Å². The van der Waals surface area contributed by atoms with Gasteiger partial charge in [-0.15, -0.1) is 0 Å². The van der Waals surface area contributed by atoms with Crippen molar-refractivity contribution in [3.63, 3.8) is 0 Å². The van der Waals surface area contributed by atoms with Crippen molar-refractivity contribution in [3.05, 3.63) is 210 Å². The van der Waals surface area contributed by atoms with E-state index in [1.54, 1.807) is 6.07 Å². The van der Waals surface area contributed by atoms with E-state index in [1.165, 1.54) is 0 Å². The van der Waals surface area contributed by atoms with Gasteiger partial charge in [-0.2, -0.15) is 0 Å². The summed E-state index contributed by atoms with van der Waals surface area (Å²) in [5.41, 5.74) is 9.98. The molecule has 0 bridgehead atoms. The molecule has 2 aromatic heterocycles. The second kappa shape index (κ2) is 12.5. The van der Waals surface area contributed by atoms with Crippen LogP contribution in [-0.2, 0) is 15.3 Å². The van der Waals surface area contributed by atoms with Crippen molar-refractivity contribution < 1.29 is 12.8 Å². The molecule has 0 fully saturated rings. The summed E-state index contributed by atoms with van der Waals surface area (Å²) in [7, 11) is -4.01. The number of para-hydroxylation sites is 1. The summed E-state index contributed by atoms with van der Waals surface area (Å²) >= 11 is 0. The maximum Gasteiger partial charge on any atom is 0.207 e. The van der Waals surface area contributed by atoms with Gasteiger partial charge >= 0.3 is 0 Å². The molecule has 3 heterocycles. The van der Waals surface area contributed by atoms with Crippen LogP contribution in [0.4, 0.5) is 0 Å². The predicted octanol–water partition coefficient (Wildman–Crippen LogP) is 11.9. The summed E-state index contributed by atoms with van der Waals surface area (Å²) in [6.45, 7) is 0. The molecule has 59 heavy (non-hydrogen) atoms. The van der Waals surface area contributed by atoms with E-state index in [0.717, 1.165) is 60.8 Å². The summed E-state index contributed by atoms with van der Waals surface area (Å²) in [4.78, 5) is 15.8. The first-order valence-corrected chi connectivity index (χ1v) is 21.0. The van der Waals surface area contributed by atoms with Crippen LogP contribution >= 0.6 is 0 Å². The minimum atomic E-state index is -4.01. The minimum Gasteiger partial charge on any atom is -0.456 e. The van der Waals surface area contributed by atoms with Crippen LogP contribution in [0.1, 0.15) is 22.3 Å². The van der Waals surface area contributed by atoms with Crippen LogP contribution in [-0.4, -0.2) is 23.4 Å². The normalized spacial score (nSPS) is 15.8.